The molecule has 1 atom stereocenters. The second-order valence-electron chi connectivity index (χ2n) is 4.59. The number of hydrogen-bond donors (Lipinski definition) is 2. The van der Waals surface area contributed by atoms with Crippen LogP contribution >= 0.6 is 0 Å². The van der Waals surface area contributed by atoms with Crippen LogP contribution in [-0.2, 0) is 0 Å². The molecule has 2 rings (SSSR count). The molecule has 0 radical (unpaired) electrons. The van der Waals surface area contributed by atoms with E-state index in [1.54, 1.807) is 38.1 Å². The number of hydrogen-bond acceptors (Lipinski definition) is 3. The van der Waals surface area contributed by atoms with Crippen LogP contribution in [0.3, 0.4) is 0 Å². The highest BCUT2D eigenvalue weighted by Crippen LogP contribution is 2.15. The minimum Gasteiger partial charge on any atom is -0.394 e. The minimum absolute atomic E-state index is 0.154. The molecule has 1 aromatic heterocycles. The first kappa shape index (κ1) is 14.2. The fourth-order valence-corrected chi connectivity index (χ4v) is 1.80. The zero-order valence-electron chi connectivity index (χ0n) is 11.3. The Bertz CT molecular complexity index is 625. The predicted molar refractivity (Wildman–Crippen MR) is 72.3 cm³/mol. The Hall–Kier alpha value is -2.21. The summed E-state index contributed by atoms with van der Waals surface area (Å²) in [6, 6.07) is 7.44. The van der Waals surface area contributed by atoms with Crippen LogP contribution in [0.2, 0.25) is 0 Å². The number of aliphatic hydroxyl groups excluding tert-OH is 1. The maximum atomic E-state index is 13.7. The number of aromatic nitrogens is 2. The SMILES string of the molecule is Cc1cc(C(=O)NC(C)CO)nn1-c1ccccc1F. The minimum atomic E-state index is -0.408. The molecular weight excluding hydrogens is 261 g/mol. The average Bonchev–Trinajstić information content (AvgIpc) is 2.81. The number of nitrogens with one attached hydrogen (secondary N) is 1. The number of carbonyl (C=O) groups is 1. The van der Waals surface area contributed by atoms with Gasteiger partial charge < -0.3 is 10.4 Å². The number of nitrogens with zero attached hydrogens (tertiary/aromatic N) is 2. The third-order valence-corrected chi connectivity index (χ3v) is 2.85. The summed E-state index contributed by atoms with van der Waals surface area (Å²) in [4.78, 5) is 11.9. The number of aliphatic hydroxyl groups is 1. The van der Waals surface area contributed by atoms with Crippen LogP contribution in [0.4, 0.5) is 4.39 Å². The van der Waals surface area contributed by atoms with Crippen LogP contribution < -0.4 is 5.32 Å². The summed E-state index contributed by atoms with van der Waals surface area (Å²) in [5, 5.41) is 15.6. The van der Waals surface area contributed by atoms with Crippen molar-refractivity contribution in [1.29, 1.82) is 0 Å². The first-order valence-electron chi connectivity index (χ1n) is 6.26. The Kier molecular flexibility index (Phi) is 4.14. The van der Waals surface area contributed by atoms with Gasteiger partial charge in [0.15, 0.2) is 5.69 Å². The van der Waals surface area contributed by atoms with Gasteiger partial charge in [-0.2, -0.15) is 5.10 Å². The van der Waals surface area contributed by atoms with Crippen molar-refractivity contribution in [2.45, 2.75) is 19.9 Å². The van der Waals surface area contributed by atoms with Crippen LogP contribution in [0.5, 0.6) is 0 Å². The Morgan fingerprint density at radius 2 is 2.20 bits per heavy atom. The van der Waals surface area contributed by atoms with Crippen LogP contribution in [0.1, 0.15) is 23.1 Å². The molecule has 0 fully saturated rings. The molecule has 0 spiro atoms. The molecule has 106 valence electrons. The number of para-hydroxylation sites is 1. The first-order valence-corrected chi connectivity index (χ1v) is 6.26. The normalized spacial score (nSPS) is 12.2. The zero-order chi connectivity index (χ0) is 14.7. The lowest BCUT2D eigenvalue weighted by molar-refractivity contribution is 0.0917. The van der Waals surface area contributed by atoms with E-state index in [0.29, 0.717) is 11.4 Å². The molecule has 0 saturated heterocycles. The number of rotatable bonds is 4. The van der Waals surface area contributed by atoms with Gasteiger partial charge in [-0.05, 0) is 32.0 Å². The van der Waals surface area contributed by atoms with Gasteiger partial charge in [-0.25, -0.2) is 9.07 Å². The molecule has 0 bridgehead atoms. The standard InChI is InChI=1S/C14H16FN3O2/c1-9(8-19)16-14(20)12-7-10(2)18(17-12)13-6-4-3-5-11(13)15/h3-7,9,19H,8H2,1-2H3,(H,16,20). The maximum absolute atomic E-state index is 13.7. The molecule has 2 N–H and O–H groups in total. The molecule has 6 heteroatoms. The topological polar surface area (TPSA) is 67.2 Å². The monoisotopic (exact) mass is 277 g/mol. The molecule has 2 aromatic rings. The molecule has 0 aliphatic carbocycles. The van der Waals surface area contributed by atoms with Crippen LogP contribution in [-0.4, -0.2) is 33.4 Å². The lowest BCUT2D eigenvalue weighted by Crippen LogP contribution is -2.35. The highest BCUT2D eigenvalue weighted by atomic mass is 19.1. The summed E-state index contributed by atoms with van der Waals surface area (Å²) in [7, 11) is 0. The van der Waals surface area contributed by atoms with Crippen molar-refractivity contribution in [2.75, 3.05) is 6.61 Å². The average molecular weight is 277 g/mol. The summed E-state index contributed by atoms with van der Waals surface area (Å²) in [6.07, 6.45) is 0. The van der Waals surface area contributed by atoms with Crippen LogP contribution in [0, 0.1) is 12.7 Å². The second kappa shape index (κ2) is 5.83. The fourth-order valence-electron chi connectivity index (χ4n) is 1.80. The molecule has 1 unspecified atom stereocenters. The number of aryl methyl sites for hydroxylation is 1. The third kappa shape index (κ3) is 2.85. The second-order valence-corrected chi connectivity index (χ2v) is 4.59. The highest BCUT2D eigenvalue weighted by molar-refractivity contribution is 5.92. The smallest absolute Gasteiger partial charge is 0.272 e. The Morgan fingerprint density at radius 1 is 1.50 bits per heavy atom. The molecule has 0 aliphatic rings. The van der Waals surface area contributed by atoms with Crippen molar-refractivity contribution in [1.82, 2.24) is 15.1 Å². The van der Waals surface area contributed by atoms with Crippen molar-refractivity contribution < 1.29 is 14.3 Å². The van der Waals surface area contributed by atoms with Crippen molar-refractivity contribution >= 4 is 5.91 Å². The van der Waals surface area contributed by atoms with Crippen molar-refractivity contribution in [3.63, 3.8) is 0 Å². The van der Waals surface area contributed by atoms with Gasteiger partial charge in [0.05, 0.1) is 6.61 Å². The van der Waals surface area contributed by atoms with Crippen LogP contribution in [0.15, 0.2) is 30.3 Å². The van der Waals surface area contributed by atoms with E-state index < -0.39 is 11.7 Å². The van der Waals surface area contributed by atoms with E-state index in [-0.39, 0.29) is 18.3 Å². The molecule has 1 amide bonds. The number of halogens is 1. The summed E-state index contributed by atoms with van der Waals surface area (Å²) < 4.78 is 15.1. The van der Waals surface area contributed by atoms with Gasteiger partial charge in [-0.3, -0.25) is 4.79 Å². The fraction of sp³-hybridized carbons (Fsp3) is 0.286. The van der Waals surface area contributed by atoms with Crippen molar-refractivity contribution in [2.24, 2.45) is 0 Å². The van der Waals surface area contributed by atoms with Gasteiger partial charge in [-0.1, -0.05) is 12.1 Å². The Balaban J connectivity index is 2.31. The Morgan fingerprint density at radius 3 is 2.85 bits per heavy atom. The lowest BCUT2D eigenvalue weighted by atomic mass is 10.3. The van der Waals surface area contributed by atoms with E-state index in [1.165, 1.54) is 10.7 Å². The molecule has 5 nitrogen and oxygen atoms in total. The molecule has 1 heterocycles. The van der Waals surface area contributed by atoms with Gasteiger partial charge in [0.1, 0.15) is 11.5 Å². The summed E-state index contributed by atoms with van der Waals surface area (Å²) in [5.41, 5.74) is 1.13. The summed E-state index contributed by atoms with van der Waals surface area (Å²) in [6.45, 7) is 3.27. The van der Waals surface area contributed by atoms with E-state index >= 15 is 0 Å². The molecule has 0 aliphatic heterocycles. The quantitative estimate of drug-likeness (QED) is 0.888. The molecular formula is C14H16FN3O2. The van der Waals surface area contributed by atoms with Gasteiger partial charge in [0, 0.05) is 11.7 Å². The zero-order valence-corrected chi connectivity index (χ0v) is 11.3. The van der Waals surface area contributed by atoms with E-state index in [1.807, 2.05) is 0 Å². The van der Waals surface area contributed by atoms with Gasteiger partial charge in [0.2, 0.25) is 0 Å². The molecule has 1 aromatic carbocycles. The van der Waals surface area contributed by atoms with E-state index in [4.69, 9.17) is 5.11 Å². The third-order valence-electron chi connectivity index (χ3n) is 2.85. The van der Waals surface area contributed by atoms with Gasteiger partial charge in [0.25, 0.3) is 5.91 Å². The van der Waals surface area contributed by atoms with Gasteiger partial charge in [-0.15, -0.1) is 0 Å². The number of amides is 1. The number of carbonyl (C=O) groups excluding carboxylic acids is 1. The predicted octanol–water partition coefficient (Wildman–Crippen LogP) is 1.43. The van der Waals surface area contributed by atoms with E-state index in [2.05, 4.69) is 10.4 Å². The first-order chi connectivity index (χ1) is 9.52. The maximum Gasteiger partial charge on any atom is 0.272 e. The largest absolute Gasteiger partial charge is 0.394 e. The summed E-state index contributed by atoms with van der Waals surface area (Å²) in [5.74, 6) is -0.806. The highest BCUT2D eigenvalue weighted by Gasteiger charge is 2.16. The summed E-state index contributed by atoms with van der Waals surface area (Å²) >= 11 is 0. The lowest BCUT2D eigenvalue weighted by Gasteiger charge is -2.08. The van der Waals surface area contributed by atoms with Crippen molar-refractivity contribution in [3.8, 4) is 5.69 Å². The number of benzene rings is 1. The van der Waals surface area contributed by atoms with E-state index in [0.717, 1.165) is 0 Å². The van der Waals surface area contributed by atoms with Crippen LogP contribution in [0.25, 0.3) is 5.69 Å². The molecule has 20 heavy (non-hydrogen) atoms. The van der Waals surface area contributed by atoms with Gasteiger partial charge >= 0.3 is 0 Å². The Labute approximate surface area is 116 Å². The van der Waals surface area contributed by atoms with E-state index in [9.17, 15) is 9.18 Å². The van der Waals surface area contributed by atoms with Crippen molar-refractivity contribution in [3.05, 3.63) is 47.5 Å². The molecule has 0 saturated carbocycles.